The van der Waals surface area contributed by atoms with E-state index in [9.17, 15) is 0 Å². The van der Waals surface area contributed by atoms with Gasteiger partial charge in [-0.1, -0.05) is 26.1 Å². The van der Waals surface area contributed by atoms with Crippen LogP contribution in [0.2, 0.25) is 0 Å². The molecule has 0 fully saturated rings. The van der Waals surface area contributed by atoms with Gasteiger partial charge < -0.3 is 0 Å². The third-order valence-corrected chi connectivity index (χ3v) is 0. The minimum Gasteiger partial charge on any atom is -0.202 e. The largest absolute Gasteiger partial charge is 0.202 e. The van der Waals surface area contributed by atoms with Gasteiger partial charge >= 0.3 is 0 Å². The predicted octanol–water partition coefficient (Wildman–Crippen LogP) is 1.78. The molecule has 0 N–H and O–H groups in total. The standard InChI is InChI=1S/C2H6.CHN.CH2S/c3*1-2/h1-2H3;1H;1H2. The van der Waals surface area contributed by atoms with Crippen molar-refractivity contribution >= 4 is 18.1 Å². The van der Waals surface area contributed by atoms with E-state index in [2.05, 4.69) is 24.7 Å². The van der Waals surface area contributed by atoms with E-state index in [1.54, 1.807) is 0 Å². The molecule has 0 aliphatic carbocycles. The number of nitrogens with zero attached hydrogens (tertiary/aromatic N) is 1. The van der Waals surface area contributed by atoms with Crippen molar-refractivity contribution in [2.24, 2.45) is 0 Å². The van der Waals surface area contributed by atoms with Gasteiger partial charge in [-0.05, 0) is 5.87 Å². The van der Waals surface area contributed by atoms with Gasteiger partial charge in [0.25, 0.3) is 0 Å². The Morgan fingerprint density at radius 2 is 1.33 bits per heavy atom. The smallest absolute Gasteiger partial charge is 0.0462 e. The van der Waals surface area contributed by atoms with Crippen molar-refractivity contribution in [3.63, 3.8) is 0 Å². The molecule has 0 unspecified atom stereocenters. The van der Waals surface area contributed by atoms with Gasteiger partial charge in [-0.3, -0.25) is 0 Å². The molecule has 0 aromatic rings. The number of thiocarbonyl (C=S) groups is 1. The van der Waals surface area contributed by atoms with Crippen LogP contribution in [-0.4, -0.2) is 5.87 Å². The highest BCUT2D eigenvalue weighted by molar-refractivity contribution is 7.77. The lowest BCUT2D eigenvalue weighted by molar-refractivity contribution is 1.50. The predicted molar refractivity (Wildman–Crippen MR) is 32.7 cm³/mol. The summed E-state index contributed by atoms with van der Waals surface area (Å²) in [4.78, 5) is 0. The molecule has 0 radical (unpaired) electrons. The van der Waals surface area contributed by atoms with Crippen molar-refractivity contribution in [2.45, 2.75) is 13.8 Å². The lowest BCUT2D eigenvalue weighted by Gasteiger charge is -1.07. The monoisotopic (exact) mass is 103 g/mol. The third kappa shape index (κ3) is 135. The first-order valence-electron chi connectivity index (χ1n) is 1.55. The fourth-order valence-electron chi connectivity index (χ4n) is 0. The molecule has 0 aliphatic heterocycles. The average molecular weight is 103 g/mol. The highest BCUT2D eigenvalue weighted by Crippen LogP contribution is 1.14. The Morgan fingerprint density at radius 3 is 1.33 bits per heavy atom. The van der Waals surface area contributed by atoms with E-state index in [1.165, 1.54) is 0 Å². The van der Waals surface area contributed by atoms with Crippen LogP contribution >= 0.6 is 12.2 Å². The zero-order valence-electron chi connectivity index (χ0n) is 4.14. The first-order chi connectivity index (χ1) is 3.00. The van der Waals surface area contributed by atoms with E-state index < -0.39 is 0 Å². The molecule has 0 amide bonds. The molecular formula is C4H9NS. The Kier molecular flexibility index (Phi) is 975. The van der Waals surface area contributed by atoms with E-state index in [0.29, 0.717) is 0 Å². The summed E-state index contributed by atoms with van der Waals surface area (Å²) >= 11 is 3.83. The molecule has 0 saturated carbocycles. The second-order valence-electron chi connectivity index (χ2n) is 0. The molecule has 6 heavy (non-hydrogen) atoms. The first kappa shape index (κ1) is 17.6. The molecule has 1 nitrogen and oxygen atoms in total. The van der Waals surface area contributed by atoms with Crippen molar-refractivity contribution in [3.8, 4) is 6.57 Å². The Morgan fingerprint density at radius 1 is 1.33 bits per heavy atom. The summed E-state index contributed by atoms with van der Waals surface area (Å²) in [5, 5.41) is 6.50. The van der Waals surface area contributed by atoms with E-state index in [4.69, 9.17) is 5.26 Å². The van der Waals surface area contributed by atoms with Gasteiger partial charge in [-0.25, -0.2) is 5.26 Å². The van der Waals surface area contributed by atoms with E-state index >= 15 is 0 Å². The summed E-state index contributed by atoms with van der Waals surface area (Å²) in [5.41, 5.74) is 0. The molecule has 0 saturated heterocycles. The van der Waals surface area contributed by atoms with Gasteiger partial charge in [0.05, 0.1) is 0 Å². The topological polar surface area (TPSA) is 23.8 Å². The Bertz CT molecular complexity index is 18.8. The lowest BCUT2D eigenvalue weighted by atomic mass is 11.0. The Balaban J connectivity index is -0.0000000225. The van der Waals surface area contributed by atoms with Gasteiger partial charge in [0.1, 0.15) is 0 Å². The molecular weight excluding hydrogens is 94.1 g/mol. The number of hydrogen-bond acceptors (Lipinski definition) is 2. The second-order valence-corrected chi connectivity index (χ2v) is 0. The summed E-state index contributed by atoms with van der Waals surface area (Å²) in [6.45, 7) is 7.50. The molecule has 0 aromatic heterocycles. The highest BCUT2D eigenvalue weighted by Gasteiger charge is 0.932. The molecule has 0 bridgehead atoms. The van der Waals surface area contributed by atoms with Crippen LogP contribution in [0.15, 0.2) is 0 Å². The van der Waals surface area contributed by atoms with Crippen LogP contribution in [0.5, 0.6) is 0 Å². The normalized spacial score (nSPS) is 2.00. The third-order valence-electron chi connectivity index (χ3n) is 0. The second kappa shape index (κ2) is 333. The van der Waals surface area contributed by atoms with Crippen molar-refractivity contribution < 1.29 is 0 Å². The zero-order chi connectivity index (χ0) is 6.00. The molecule has 0 atom stereocenters. The summed E-state index contributed by atoms with van der Waals surface area (Å²) in [5.74, 6) is 2.83. The van der Waals surface area contributed by atoms with E-state index in [1.807, 2.05) is 13.8 Å². The minimum atomic E-state index is 2.00. The van der Waals surface area contributed by atoms with Gasteiger partial charge in [-0.2, -0.15) is 0 Å². The van der Waals surface area contributed by atoms with Crippen molar-refractivity contribution in [1.29, 1.82) is 5.26 Å². The average Bonchev–Trinajstić information content (AvgIpc) is 1.81. The van der Waals surface area contributed by atoms with Crippen LogP contribution in [0.25, 0.3) is 0 Å². The lowest BCUT2D eigenvalue weighted by Crippen LogP contribution is -0.856. The molecule has 0 aliphatic rings. The fourth-order valence-corrected chi connectivity index (χ4v) is 0. The van der Waals surface area contributed by atoms with Gasteiger partial charge in [0, 0.05) is 6.57 Å². The molecule has 36 valence electrons. The maximum atomic E-state index is 6.50. The molecule has 2 heteroatoms. The number of hydrogen-bond donors (Lipinski definition) is 0. The van der Waals surface area contributed by atoms with Crippen LogP contribution in [0, 0.1) is 11.8 Å². The summed E-state index contributed by atoms with van der Waals surface area (Å²) in [6, 6.07) is 0. The maximum Gasteiger partial charge on any atom is 0.0462 e. The summed E-state index contributed by atoms with van der Waals surface area (Å²) in [6.07, 6.45) is 0. The SMILES string of the molecule is C#N.C=S.CC. The fraction of sp³-hybridized carbons (Fsp3) is 0.500. The molecule has 0 spiro atoms. The van der Waals surface area contributed by atoms with Crippen molar-refractivity contribution in [2.75, 3.05) is 0 Å². The number of rotatable bonds is 0. The Hall–Kier alpha value is -0.420. The van der Waals surface area contributed by atoms with Crippen molar-refractivity contribution in [3.05, 3.63) is 0 Å². The summed E-state index contributed by atoms with van der Waals surface area (Å²) < 4.78 is 0. The van der Waals surface area contributed by atoms with Crippen LogP contribution in [0.1, 0.15) is 13.8 Å². The molecule has 0 heterocycles. The van der Waals surface area contributed by atoms with E-state index in [0.717, 1.165) is 0 Å². The number of nitriles is 1. The van der Waals surface area contributed by atoms with Gasteiger partial charge in [0.2, 0.25) is 0 Å². The van der Waals surface area contributed by atoms with E-state index in [-0.39, 0.29) is 0 Å². The van der Waals surface area contributed by atoms with Crippen LogP contribution in [-0.2, 0) is 0 Å². The zero-order valence-corrected chi connectivity index (χ0v) is 4.96. The molecule has 0 rings (SSSR count). The maximum absolute atomic E-state index is 6.50. The van der Waals surface area contributed by atoms with Crippen LogP contribution < -0.4 is 0 Å². The van der Waals surface area contributed by atoms with Crippen LogP contribution in [0.3, 0.4) is 0 Å². The van der Waals surface area contributed by atoms with Crippen molar-refractivity contribution in [1.82, 2.24) is 0 Å². The highest BCUT2D eigenvalue weighted by atomic mass is 32.1. The molecule has 0 aromatic carbocycles. The quantitative estimate of drug-likeness (QED) is 0.436. The van der Waals surface area contributed by atoms with Crippen LogP contribution in [0.4, 0.5) is 0 Å². The summed E-state index contributed by atoms with van der Waals surface area (Å²) in [7, 11) is 0. The first-order valence-corrected chi connectivity index (χ1v) is 2.12. The minimum absolute atomic E-state index is 2.00. The van der Waals surface area contributed by atoms with Gasteiger partial charge in [-0.15, -0.1) is 0 Å². The van der Waals surface area contributed by atoms with Gasteiger partial charge in [0.15, 0.2) is 0 Å². The Labute approximate surface area is 44.6 Å².